The molecule has 0 radical (unpaired) electrons. The summed E-state index contributed by atoms with van der Waals surface area (Å²) >= 11 is 0. The third-order valence-electron chi connectivity index (χ3n) is 6.93. The summed E-state index contributed by atoms with van der Waals surface area (Å²) in [5.74, 6) is -0.0842. The molecule has 2 aliphatic rings. The summed E-state index contributed by atoms with van der Waals surface area (Å²) in [6.45, 7) is 3.35. The van der Waals surface area contributed by atoms with Crippen LogP contribution in [-0.2, 0) is 20.4 Å². The highest BCUT2D eigenvalue weighted by Gasteiger charge is 2.71. The topological polar surface area (TPSA) is 138 Å². The molecule has 0 bridgehead atoms. The molecule has 0 saturated carbocycles. The fourth-order valence-electron chi connectivity index (χ4n) is 4.61. The van der Waals surface area contributed by atoms with E-state index < -0.39 is 39.6 Å². The van der Waals surface area contributed by atoms with Crippen molar-refractivity contribution >= 4 is 21.8 Å². The van der Waals surface area contributed by atoms with E-state index in [9.17, 15) is 39.9 Å². The minimum atomic E-state index is -6.08. The molecular weight excluding hydrogens is 572 g/mol. The van der Waals surface area contributed by atoms with Crippen LogP contribution in [0, 0.1) is 0 Å². The third-order valence-corrected chi connectivity index (χ3v) is 8.78. The SMILES string of the molecule is CC1COCCN1CC1CN(S(=O)(=O)c2ccc(N)nc2)CCN1c1ncc(C(O)(C(F)(F)F)C(F)(F)F)cn1. The van der Waals surface area contributed by atoms with Crippen molar-refractivity contribution < 1.29 is 44.6 Å². The largest absolute Gasteiger partial charge is 0.430 e. The number of hydrogen-bond donors (Lipinski definition) is 2. The molecule has 2 aromatic rings. The lowest BCUT2D eigenvalue weighted by molar-refractivity contribution is -0.376. The monoisotopic (exact) mass is 599 g/mol. The van der Waals surface area contributed by atoms with Gasteiger partial charge in [0.1, 0.15) is 10.7 Å². The Bertz CT molecular complexity index is 1260. The zero-order valence-electron chi connectivity index (χ0n) is 21.1. The minimum Gasteiger partial charge on any atom is -0.384 e. The van der Waals surface area contributed by atoms with E-state index in [1.165, 1.54) is 21.3 Å². The summed E-state index contributed by atoms with van der Waals surface area (Å²) in [4.78, 5) is 14.8. The maximum Gasteiger partial charge on any atom is 0.430 e. The van der Waals surface area contributed by atoms with E-state index in [1.54, 1.807) is 0 Å². The first-order valence-corrected chi connectivity index (χ1v) is 13.5. The summed E-state index contributed by atoms with van der Waals surface area (Å²) in [6.07, 6.45) is -10.5. The molecule has 4 rings (SSSR count). The van der Waals surface area contributed by atoms with Gasteiger partial charge in [-0.3, -0.25) is 4.90 Å². The maximum atomic E-state index is 13.3. The molecule has 11 nitrogen and oxygen atoms in total. The second-order valence-electron chi connectivity index (χ2n) is 9.53. The van der Waals surface area contributed by atoms with Crippen molar-refractivity contribution in [1.82, 2.24) is 24.2 Å². The quantitative estimate of drug-likeness (QED) is 0.469. The molecule has 0 spiro atoms. The molecule has 2 aromatic heterocycles. The number of nitrogens with two attached hydrogens (primary N) is 1. The number of sulfonamides is 1. The summed E-state index contributed by atoms with van der Waals surface area (Å²) in [6, 6.07) is 1.98. The number of morpholine rings is 1. The summed E-state index contributed by atoms with van der Waals surface area (Å²) < 4.78 is 113. The Morgan fingerprint density at radius 3 is 2.23 bits per heavy atom. The van der Waals surface area contributed by atoms with Crippen LogP contribution in [0.2, 0.25) is 0 Å². The maximum absolute atomic E-state index is 13.3. The van der Waals surface area contributed by atoms with Crippen LogP contribution in [0.5, 0.6) is 0 Å². The van der Waals surface area contributed by atoms with E-state index in [4.69, 9.17) is 10.5 Å². The number of ether oxygens (including phenoxy) is 1. The molecule has 2 aliphatic heterocycles. The number of alkyl halides is 6. The number of aliphatic hydroxyl groups is 1. The van der Waals surface area contributed by atoms with Crippen molar-refractivity contribution in [2.24, 2.45) is 0 Å². The van der Waals surface area contributed by atoms with Crippen LogP contribution in [0.1, 0.15) is 12.5 Å². The second-order valence-corrected chi connectivity index (χ2v) is 11.5. The van der Waals surface area contributed by atoms with E-state index in [2.05, 4.69) is 15.0 Å². The van der Waals surface area contributed by atoms with E-state index in [0.29, 0.717) is 19.8 Å². The van der Waals surface area contributed by atoms with E-state index in [0.717, 1.165) is 6.20 Å². The van der Waals surface area contributed by atoms with Gasteiger partial charge in [0.05, 0.1) is 19.3 Å². The van der Waals surface area contributed by atoms with E-state index in [1.807, 2.05) is 11.8 Å². The Balaban J connectivity index is 1.65. The van der Waals surface area contributed by atoms with Crippen LogP contribution in [0.4, 0.5) is 38.1 Å². The number of halogens is 6. The lowest BCUT2D eigenvalue weighted by atomic mass is 9.95. The van der Waals surface area contributed by atoms with Gasteiger partial charge in [0, 0.05) is 62.9 Å². The van der Waals surface area contributed by atoms with Gasteiger partial charge in [-0.05, 0) is 19.1 Å². The molecular formula is C22H27F6N7O4S. The first kappa shape index (κ1) is 30.2. The molecule has 0 aromatic carbocycles. The van der Waals surface area contributed by atoms with Gasteiger partial charge in [-0.1, -0.05) is 0 Å². The van der Waals surface area contributed by atoms with Crippen molar-refractivity contribution in [3.8, 4) is 0 Å². The highest BCUT2D eigenvalue weighted by Crippen LogP contribution is 2.49. The van der Waals surface area contributed by atoms with Gasteiger partial charge >= 0.3 is 12.4 Å². The molecule has 40 heavy (non-hydrogen) atoms. The summed E-state index contributed by atoms with van der Waals surface area (Å²) in [5, 5.41) is 9.66. The van der Waals surface area contributed by atoms with Crippen molar-refractivity contribution in [3.63, 3.8) is 0 Å². The van der Waals surface area contributed by atoms with Crippen molar-refractivity contribution in [2.75, 3.05) is 56.6 Å². The Labute approximate surface area is 225 Å². The molecule has 0 aliphatic carbocycles. The van der Waals surface area contributed by atoms with Gasteiger partial charge in [0.2, 0.25) is 16.0 Å². The van der Waals surface area contributed by atoms with Crippen LogP contribution in [0.3, 0.4) is 0 Å². The van der Waals surface area contributed by atoms with Gasteiger partial charge < -0.3 is 20.5 Å². The zero-order chi connectivity index (χ0) is 29.5. The Morgan fingerprint density at radius 2 is 1.68 bits per heavy atom. The number of hydrogen-bond acceptors (Lipinski definition) is 10. The number of aromatic nitrogens is 3. The fourth-order valence-corrected chi connectivity index (χ4v) is 6.02. The first-order valence-electron chi connectivity index (χ1n) is 12.0. The van der Waals surface area contributed by atoms with Gasteiger partial charge in [0.25, 0.3) is 5.60 Å². The van der Waals surface area contributed by atoms with Crippen LogP contribution in [0.15, 0.2) is 35.6 Å². The predicted octanol–water partition coefficient (Wildman–Crippen LogP) is 1.37. The molecule has 18 heteroatoms. The van der Waals surface area contributed by atoms with E-state index in [-0.39, 0.29) is 61.3 Å². The highest BCUT2D eigenvalue weighted by atomic mass is 32.2. The number of anilines is 2. The normalized spacial score (nSPS) is 22.4. The average molecular weight is 600 g/mol. The molecule has 2 atom stereocenters. The Hall–Kier alpha value is -2.80. The van der Waals surface area contributed by atoms with Crippen LogP contribution in [-0.4, -0.2) is 108 Å². The van der Waals surface area contributed by atoms with Crippen LogP contribution >= 0.6 is 0 Å². The van der Waals surface area contributed by atoms with Crippen molar-refractivity contribution in [1.29, 1.82) is 0 Å². The average Bonchev–Trinajstić information content (AvgIpc) is 2.88. The van der Waals surface area contributed by atoms with Gasteiger partial charge in [-0.15, -0.1) is 0 Å². The number of rotatable bonds is 6. The lowest BCUT2D eigenvalue weighted by Gasteiger charge is -2.44. The molecule has 2 saturated heterocycles. The first-order chi connectivity index (χ1) is 18.6. The van der Waals surface area contributed by atoms with Gasteiger partial charge in [-0.25, -0.2) is 23.4 Å². The highest BCUT2D eigenvalue weighted by molar-refractivity contribution is 7.89. The minimum absolute atomic E-state index is 0.0207. The molecule has 3 N–H and O–H groups in total. The van der Waals surface area contributed by atoms with Crippen molar-refractivity contribution in [2.45, 2.75) is 41.9 Å². The number of nitrogen functional groups attached to an aromatic ring is 1. The molecule has 2 fully saturated rings. The molecule has 0 amide bonds. The molecule has 4 heterocycles. The predicted molar refractivity (Wildman–Crippen MR) is 128 cm³/mol. The standard InChI is InChI=1S/C22H27F6N7O4S/c1-14-13-39-7-6-33(14)11-16-12-34(40(37,38)17-2-3-18(29)30-10-17)4-5-35(16)19-31-8-15(9-32-19)20(36,21(23,24)25)22(26,27)28/h2-3,8-10,14,16,36H,4-7,11-13H2,1H3,(H2,29,30). The smallest absolute Gasteiger partial charge is 0.384 e. The third kappa shape index (κ3) is 5.67. The molecule has 222 valence electrons. The van der Waals surface area contributed by atoms with Crippen LogP contribution in [0.25, 0.3) is 0 Å². The van der Waals surface area contributed by atoms with Gasteiger partial charge in [-0.2, -0.15) is 30.6 Å². The lowest BCUT2D eigenvalue weighted by Crippen LogP contribution is -2.60. The number of piperazine rings is 1. The Kier molecular flexibility index (Phi) is 8.21. The zero-order valence-corrected chi connectivity index (χ0v) is 21.9. The summed E-state index contributed by atoms with van der Waals surface area (Å²) in [7, 11) is -4.01. The molecule has 2 unspecified atom stereocenters. The van der Waals surface area contributed by atoms with Crippen molar-refractivity contribution in [3.05, 3.63) is 36.3 Å². The number of pyridine rings is 1. The van der Waals surface area contributed by atoms with Crippen LogP contribution < -0.4 is 10.6 Å². The summed E-state index contributed by atoms with van der Waals surface area (Å²) in [5.41, 5.74) is -1.20. The second kappa shape index (κ2) is 10.9. The fraction of sp³-hybridized carbons (Fsp3) is 0.591. The Morgan fingerprint density at radius 1 is 1.02 bits per heavy atom. The van der Waals surface area contributed by atoms with Gasteiger partial charge in [0.15, 0.2) is 0 Å². The number of nitrogens with zero attached hydrogens (tertiary/aromatic N) is 6. The van der Waals surface area contributed by atoms with E-state index >= 15 is 0 Å².